The van der Waals surface area contributed by atoms with E-state index in [0.29, 0.717) is 15.4 Å². The van der Waals surface area contributed by atoms with E-state index in [2.05, 4.69) is 15.5 Å². The first-order valence-corrected chi connectivity index (χ1v) is 5.65. The molecule has 0 radical (unpaired) electrons. The van der Waals surface area contributed by atoms with E-state index in [1.165, 1.54) is 11.8 Å². The molecular formula is C8H7ClN4OS. The monoisotopic (exact) mass is 242 g/mol. The van der Waals surface area contributed by atoms with E-state index in [1.807, 2.05) is 6.26 Å². The van der Waals surface area contributed by atoms with E-state index < -0.39 is 0 Å². The third-order valence-electron chi connectivity index (χ3n) is 1.87. The zero-order valence-corrected chi connectivity index (χ0v) is 9.33. The van der Waals surface area contributed by atoms with Gasteiger partial charge < -0.3 is 5.21 Å². The number of halogens is 1. The van der Waals surface area contributed by atoms with Crippen molar-refractivity contribution in [1.29, 1.82) is 0 Å². The van der Waals surface area contributed by atoms with Crippen LogP contribution >= 0.6 is 23.4 Å². The van der Waals surface area contributed by atoms with Gasteiger partial charge >= 0.3 is 0 Å². The average molecular weight is 243 g/mol. The lowest BCUT2D eigenvalue weighted by Crippen LogP contribution is -1.97. The Balaban J connectivity index is 2.63. The molecule has 0 bridgehead atoms. The van der Waals surface area contributed by atoms with Crippen molar-refractivity contribution in [3.05, 3.63) is 23.2 Å². The van der Waals surface area contributed by atoms with Crippen LogP contribution in [-0.2, 0) is 0 Å². The van der Waals surface area contributed by atoms with Crippen molar-refractivity contribution in [1.82, 2.24) is 20.4 Å². The van der Waals surface area contributed by atoms with Crippen LogP contribution in [-0.4, -0.2) is 31.8 Å². The molecule has 78 valence electrons. The molecule has 15 heavy (non-hydrogen) atoms. The molecule has 5 nitrogen and oxygen atoms in total. The zero-order valence-electron chi connectivity index (χ0n) is 7.75. The number of rotatable bonds is 2. The van der Waals surface area contributed by atoms with E-state index in [1.54, 1.807) is 18.2 Å². The van der Waals surface area contributed by atoms with Gasteiger partial charge in [-0.3, -0.25) is 0 Å². The van der Waals surface area contributed by atoms with Crippen molar-refractivity contribution in [2.45, 2.75) is 4.90 Å². The van der Waals surface area contributed by atoms with Crippen LogP contribution in [0.4, 0.5) is 0 Å². The summed E-state index contributed by atoms with van der Waals surface area (Å²) >= 11 is 7.50. The standard InChI is InChI=1S/C8H7ClN4OS/c1-15-7-5(3-2-4-6(7)9)8-10-11-12-13(8)14/h2-4,14H,1H3. The van der Waals surface area contributed by atoms with Gasteiger partial charge in [0.05, 0.1) is 5.02 Å². The summed E-state index contributed by atoms with van der Waals surface area (Å²) < 4.78 is 0. The van der Waals surface area contributed by atoms with Crippen LogP contribution in [0.15, 0.2) is 23.1 Å². The lowest BCUT2D eigenvalue weighted by atomic mass is 10.2. The van der Waals surface area contributed by atoms with Crippen LogP contribution < -0.4 is 0 Å². The van der Waals surface area contributed by atoms with Crippen LogP contribution in [0.5, 0.6) is 0 Å². The molecule has 0 spiro atoms. The number of nitrogens with zero attached hydrogens (tertiary/aromatic N) is 4. The number of tetrazole rings is 1. The Labute approximate surface area is 95.0 Å². The Kier molecular flexibility index (Phi) is 2.79. The van der Waals surface area contributed by atoms with Crippen molar-refractivity contribution in [2.75, 3.05) is 6.26 Å². The minimum Gasteiger partial charge on any atom is -0.409 e. The van der Waals surface area contributed by atoms with Crippen LogP contribution in [0.3, 0.4) is 0 Å². The molecule has 1 N–H and O–H groups in total. The Morgan fingerprint density at radius 3 is 2.87 bits per heavy atom. The maximum absolute atomic E-state index is 9.34. The molecule has 0 aliphatic carbocycles. The minimum absolute atomic E-state index is 0.279. The molecule has 0 amide bonds. The first kappa shape index (κ1) is 10.3. The fraction of sp³-hybridized carbons (Fsp3) is 0.125. The summed E-state index contributed by atoms with van der Waals surface area (Å²) in [6.07, 6.45) is 1.90. The Hall–Kier alpha value is -1.27. The van der Waals surface area contributed by atoms with Gasteiger partial charge in [-0.2, -0.15) is 0 Å². The summed E-state index contributed by atoms with van der Waals surface area (Å²) in [6.45, 7) is 0. The molecule has 0 atom stereocenters. The molecule has 0 aliphatic heterocycles. The van der Waals surface area contributed by atoms with Gasteiger partial charge in [0.15, 0.2) is 0 Å². The molecule has 1 aromatic carbocycles. The summed E-state index contributed by atoms with van der Waals surface area (Å²) in [4.78, 5) is 1.47. The molecule has 0 saturated carbocycles. The summed E-state index contributed by atoms with van der Waals surface area (Å²) in [5.74, 6) is 0.279. The highest BCUT2D eigenvalue weighted by molar-refractivity contribution is 7.98. The predicted molar refractivity (Wildman–Crippen MR) is 57.2 cm³/mol. The predicted octanol–water partition coefficient (Wildman–Crippen LogP) is 1.95. The molecule has 7 heteroatoms. The highest BCUT2D eigenvalue weighted by Crippen LogP contribution is 2.34. The molecule has 2 aromatic rings. The molecular weight excluding hydrogens is 236 g/mol. The topological polar surface area (TPSA) is 63.8 Å². The maximum atomic E-state index is 9.34. The lowest BCUT2D eigenvalue weighted by Gasteiger charge is -2.05. The third kappa shape index (κ3) is 1.78. The molecule has 0 fully saturated rings. The van der Waals surface area contributed by atoms with Crippen LogP contribution in [0.2, 0.25) is 5.02 Å². The molecule has 0 unspecified atom stereocenters. The number of thioether (sulfide) groups is 1. The Bertz CT molecular complexity index is 487. The smallest absolute Gasteiger partial charge is 0.223 e. The van der Waals surface area contributed by atoms with Gasteiger partial charge in [0, 0.05) is 10.5 Å². The van der Waals surface area contributed by atoms with Crippen molar-refractivity contribution in [3.63, 3.8) is 0 Å². The fourth-order valence-corrected chi connectivity index (χ4v) is 2.28. The molecule has 0 aliphatic rings. The van der Waals surface area contributed by atoms with Gasteiger partial charge in [0.1, 0.15) is 0 Å². The maximum Gasteiger partial charge on any atom is 0.223 e. The average Bonchev–Trinajstić information content (AvgIpc) is 2.64. The Morgan fingerprint density at radius 2 is 2.27 bits per heavy atom. The number of benzene rings is 1. The van der Waals surface area contributed by atoms with Crippen LogP contribution in [0, 0.1) is 0 Å². The van der Waals surface area contributed by atoms with Gasteiger partial charge in [0.25, 0.3) is 0 Å². The Morgan fingerprint density at radius 1 is 1.47 bits per heavy atom. The van der Waals surface area contributed by atoms with E-state index in [9.17, 15) is 5.21 Å². The van der Waals surface area contributed by atoms with E-state index in [-0.39, 0.29) is 5.82 Å². The fourth-order valence-electron chi connectivity index (χ4n) is 1.24. The first-order chi connectivity index (χ1) is 7.24. The number of hydrogen-bond acceptors (Lipinski definition) is 5. The number of aromatic nitrogens is 4. The normalized spacial score (nSPS) is 10.5. The summed E-state index contributed by atoms with van der Waals surface area (Å²) in [6, 6.07) is 5.37. The summed E-state index contributed by atoms with van der Waals surface area (Å²) in [5.41, 5.74) is 0.711. The quantitative estimate of drug-likeness (QED) is 0.644. The minimum atomic E-state index is 0.279. The molecule has 2 rings (SSSR count). The van der Waals surface area contributed by atoms with Gasteiger partial charge in [0.2, 0.25) is 5.82 Å². The highest BCUT2D eigenvalue weighted by atomic mass is 35.5. The third-order valence-corrected chi connectivity index (χ3v) is 3.14. The van der Waals surface area contributed by atoms with Crippen LogP contribution in [0.1, 0.15) is 0 Å². The number of hydrogen-bond donors (Lipinski definition) is 1. The largest absolute Gasteiger partial charge is 0.409 e. The van der Waals surface area contributed by atoms with Crippen molar-refractivity contribution >= 4 is 23.4 Å². The molecule has 0 saturated heterocycles. The van der Waals surface area contributed by atoms with E-state index in [0.717, 1.165) is 4.90 Å². The summed E-state index contributed by atoms with van der Waals surface area (Å²) in [5, 5.41) is 20.4. The van der Waals surface area contributed by atoms with Gasteiger partial charge in [-0.05, 0) is 28.8 Å². The SMILES string of the molecule is CSc1c(Cl)cccc1-c1nnnn1O. The second-order valence-electron chi connectivity index (χ2n) is 2.71. The molecule has 1 aromatic heterocycles. The van der Waals surface area contributed by atoms with E-state index >= 15 is 0 Å². The van der Waals surface area contributed by atoms with Gasteiger partial charge in [-0.1, -0.05) is 22.5 Å². The van der Waals surface area contributed by atoms with Crippen molar-refractivity contribution in [2.24, 2.45) is 0 Å². The van der Waals surface area contributed by atoms with Gasteiger partial charge in [-0.15, -0.1) is 16.9 Å². The van der Waals surface area contributed by atoms with E-state index in [4.69, 9.17) is 11.6 Å². The summed E-state index contributed by atoms with van der Waals surface area (Å²) in [7, 11) is 0. The molecule has 1 heterocycles. The highest BCUT2D eigenvalue weighted by Gasteiger charge is 2.14. The zero-order chi connectivity index (χ0) is 10.8. The lowest BCUT2D eigenvalue weighted by molar-refractivity contribution is 0.147. The second-order valence-corrected chi connectivity index (χ2v) is 3.94. The van der Waals surface area contributed by atoms with Gasteiger partial charge in [-0.25, -0.2) is 0 Å². The van der Waals surface area contributed by atoms with Crippen LogP contribution in [0.25, 0.3) is 11.4 Å². The van der Waals surface area contributed by atoms with Crippen molar-refractivity contribution < 1.29 is 5.21 Å². The van der Waals surface area contributed by atoms with Crippen molar-refractivity contribution in [3.8, 4) is 11.4 Å². The second kappa shape index (κ2) is 4.08. The first-order valence-electron chi connectivity index (χ1n) is 4.04.